The molecule has 1 saturated carbocycles. The highest BCUT2D eigenvalue weighted by atomic mass is 16.8. The molecule has 2 saturated heterocycles. The Hall–Kier alpha value is -0.890. The van der Waals surface area contributed by atoms with E-state index < -0.39 is 73.5 Å². The summed E-state index contributed by atoms with van der Waals surface area (Å²) in [5, 5.41) is 50.7. The molecule has 2 aliphatic heterocycles. The molecule has 0 aromatic heterocycles. The lowest BCUT2D eigenvalue weighted by Crippen LogP contribution is -2.61. The lowest BCUT2D eigenvalue weighted by molar-refractivity contribution is -0.383. The van der Waals surface area contributed by atoms with Gasteiger partial charge in [0.1, 0.15) is 30.0 Å². The third kappa shape index (κ3) is 5.26. The van der Waals surface area contributed by atoms with Gasteiger partial charge in [-0.15, -0.1) is 0 Å². The number of rotatable bonds is 8. The lowest BCUT2D eigenvalue weighted by atomic mass is 9.82. The first-order valence-corrected chi connectivity index (χ1v) is 11.2. The van der Waals surface area contributed by atoms with Crippen LogP contribution in [0.3, 0.4) is 0 Å². The van der Waals surface area contributed by atoms with E-state index in [-0.39, 0.29) is 12.3 Å². The molecule has 0 spiro atoms. The first-order chi connectivity index (χ1) is 15.1. The minimum atomic E-state index is -1.62. The average molecular weight is 465 g/mol. The Morgan fingerprint density at radius 2 is 1.81 bits per heavy atom. The van der Waals surface area contributed by atoms with E-state index in [1.54, 1.807) is 6.92 Å². The number of carbonyl (C=O) groups is 1. The monoisotopic (exact) mass is 464 g/mol. The zero-order valence-electron chi connectivity index (χ0n) is 18.7. The summed E-state index contributed by atoms with van der Waals surface area (Å²) < 4.78 is 28.8. The smallest absolute Gasteiger partial charge is 0.303 e. The largest absolute Gasteiger partial charge is 0.459 e. The van der Waals surface area contributed by atoms with Crippen LogP contribution in [0.4, 0.5) is 0 Å². The predicted molar refractivity (Wildman–Crippen MR) is 107 cm³/mol. The molecule has 0 bridgehead atoms. The molecule has 11 heteroatoms. The molecule has 32 heavy (non-hydrogen) atoms. The van der Waals surface area contributed by atoms with Gasteiger partial charge < -0.3 is 49.2 Å². The molecule has 3 aliphatic rings. The molecule has 0 aromatic rings. The molecule has 2 heterocycles. The summed E-state index contributed by atoms with van der Waals surface area (Å²) in [4.78, 5) is 11.8. The minimum Gasteiger partial charge on any atom is -0.459 e. The van der Waals surface area contributed by atoms with Crippen LogP contribution in [0.25, 0.3) is 0 Å². The van der Waals surface area contributed by atoms with Crippen molar-refractivity contribution in [3.63, 3.8) is 0 Å². The maximum Gasteiger partial charge on any atom is 0.303 e. The molecule has 0 aromatic carbocycles. The fourth-order valence-corrected chi connectivity index (χ4v) is 5.03. The van der Waals surface area contributed by atoms with Crippen molar-refractivity contribution in [2.75, 3.05) is 13.2 Å². The lowest BCUT2D eigenvalue weighted by Gasteiger charge is -2.46. The third-order valence-electron chi connectivity index (χ3n) is 6.61. The zero-order chi connectivity index (χ0) is 23.6. The first-order valence-electron chi connectivity index (χ1n) is 11.2. The van der Waals surface area contributed by atoms with Crippen LogP contribution in [0.2, 0.25) is 0 Å². The van der Waals surface area contributed by atoms with Gasteiger partial charge in [-0.3, -0.25) is 4.79 Å². The molecule has 0 radical (unpaired) electrons. The number of hydrogen-bond donors (Lipinski definition) is 5. The van der Waals surface area contributed by atoms with Crippen LogP contribution in [0.15, 0.2) is 0 Å². The minimum absolute atomic E-state index is 0.168. The number of aliphatic hydroxyl groups excluding tert-OH is 5. The number of esters is 1. The average Bonchev–Trinajstić information content (AvgIpc) is 2.97. The van der Waals surface area contributed by atoms with E-state index >= 15 is 0 Å². The number of unbranched alkanes of at least 4 members (excludes halogenated alkanes) is 1. The second-order valence-electron chi connectivity index (χ2n) is 9.09. The summed E-state index contributed by atoms with van der Waals surface area (Å²) in [6.45, 7) is 4.83. The number of aliphatic hydroxyl groups is 5. The van der Waals surface area contributed by atoms with E-state index in [1.165, 1.54) is 6.92 Å². The van der Waals surface area contributed by atoms with Gasteiger partial charge in [0.15, 0.2) is 18.9 Å². The number of carbonyl (C=O) groups excluding carboxylic acids is 1. The van der Waals surface area contributed by atoms with E-state index in [0.717, 1.165) is 12.8 Å². The molecule has 1 aliphatic carbocycles. The quantitative estimate of drug-likeness (QED) is 0.221. The number of ether oxygens (including phenoxy) is 5. The van der Waals surface area contributed by atoms with Gasteiger partial charge in [0.25, 0.3) is 0 Å². The Morgan fingerprint density at radius 1 is 1.09 bits per heavy atom. The first kappa shape index (κ1) is 25.7. The van der Waals surface area contributed by atoms with E-state index in [9.17, 15) is 30.3 Å². The molecular weight excluding hydrogens is 428 g/mol. The van der Waals surface area contributed by atoms with Gasteiger partial charge in [-0.1, -0.05) is 13.3 Å². The normalized spacial score (nSPS) is 46.6. The Morgan fingerprint density at radius 3 is 2.44 bits per heavy atom. The Balaban J connectivity index is 1.83. The van der Waals surface area contributed by atoms with Crippen molar-refractivity contribution in [1.29, 1.82) is 0 Å². The van der Waals surface area contributed by atoms with Crippen LogP contribution in [0.5, 0.6) is 0 Å². The maximum atomic E-state index is 11.8. The second kappa shape index (κ2) is 10.6. The van der Waals surface area contributed by atoms with Crippen LogP contribution in [0.1, 0.15) is 46.5 Å². The van der Waals surface area contributed by atoms with Crippen LogP contribution >= 0.6 is 0 Å². The molecule has 11 nitrogen and oxygen atoms in total. The van der Waals surface area contributed by atoms with Gasteiger partial charge in [0.05, 0.1) is 18.6 Å². The summed E-state index contributed by atoms with van der Waals surface area (Å²) in [7, 11) is 0. The van der Waals surface area contributed by atoms with Crippen molar-refractivity contribution in [3.05, 3.63) is 0 Å². The van der Waals surface area contributed by atoms with Crippen molar-refractivity contribution in [1.82, 2.24) is 0 Å². The van der Waals surface area contributed by atoms with Gasteiger partial charge in [0.2, 0.25) is 0 Å². The summed E-state index contributed by atoms with van der Waals surface area (Å²) in [6.07, 6.45) is -7.70. The van der Waals surface area contributed by atoms with Crippen molar-refractivity contribution in [2.45, 2.75) is 101 Å². The second-order valence-corrected chi connectivity index (χ2v) is 9.09. The SMILES string of the molecule is CCCCO[C@H]1CC2C([C@H](O[C@@H]3O[C@H](CO)[C@@H](O)[C@H](O)[C@H]3O)O1)[C@@](C)(OC(C)=O)C[C@H]2O. The van der Waals surface area contributed by atoms with E-state index in [2.05, 4.69) is 0 Å². The number of hydrogen-bond acceptors (Lipinski definition) is 11. The van der Waals surface area contributed by atoms with E-state index in [4.69, 9.17) is 23.7 Å². The molecule has 5 N–H and O–H groups in total. The Bertz CT molecular complexity index is 631. The summed E-state index contributed by atoms with van der Waals surface area (Å²) in [5.41, 5.74) is -1.11. The van der Waals surface area contributed by atoms with Gasteiger partial charge in [-0.2, -0.15) is 0 Å². The standard InChI is InChI=1S/C21H36O11/c1-4-5-6-28-14-7-11-12(24)8-21(3,32-10(2)23)15(11)19(30-14)31-20-18(27)17(26)16(25)13(9-22)29-20/h11-20,22,24-27H,4-9H2,1-3H3/t11?,12-,13-,14-,15?,16-,17+,18-,19+,20+,21+/m1/s1. The Labute approximate surface area is 187 Å². The van der Waals surface area contributed by atoms with Crippen LogP contribution in [0, 0.1) is 11.8 Å². The molecule has 11 atom stereocenters. The Kier molecular flexibility index (Phi) is 8.51. The molecule has 3 fully saturated rings. The molecule has 0 amide bonds. The molecule has 2 unspecified atom stereocenters. The molecular formula is C21H36O11. The van der Waals surface area contributed by atoms with Crippen molar-refractivity contribution in [2.24, 2.45) is 11.8 Å². The summed E-state index contributed by atoms with van der Waals surface area (Å²) in [6, 6.07) is 0. The van der Waals surface area contributed by atoms with Gasteiger partial charge in [-0.25, -0.2) is 0 Å². The maximum absolute atomic E-state index is 11.8. The number of fused-ring (bicyclic) bond motifs is 1. The molecule has 186 valence electrons. The van der Waals surface area contributed by atoms with Crippen LogP contribution in [-0.4, -0.2) is 99.7 Å². The zero-order valence-corrected chi connectivity index (χ0v) is 18.7. The topological polar surface area (TPSA) is 164 Å². The van der Waals surface area contributed by atoms with Crippen LogP contribution in [-0.2, 0) is 28.5 Å². The van der Waals surface area contributed by atoms with Crippen molar-refractivity contribution >= 4 is 5.97 Å². The summed E-state index contributed by atoms with van der Waals surface area (Å²) in [5.74, 6) is -1.51. The highest BCUT2D eigenvalue weighted by molar-refractivity contribution is 5.66. The van der Waals surface area contributed by atoms with Crippen molar-refractivity contribution < 1.29 is 54.0 Å². The van der Waals surface area contributed by atoms with Crippen molar-refractivity contribution in [3.8, 4) is 0 Å². The van der Waals surface area contributed by atoms with Gasteiger partial charge in [-0.05, 0) is 13.3 Å². The van der Waals surface area contributed by atoms with E-state index in [0.29, 0.717) is 13.0 Å². The third-order valence-corrected chi connectivity index (χ3v) is 6.61. The molecule has 3 rings (SSSR count). The van der Waals surface area contributed by atoms with Gasteiger partial charge in [0, 0.05) is 32.3 Å². The highest BCUT2D eigenvalue weighted by Gasteiger charge is 2.61. The highest BCUT2D eigenvalue weighted by Crippen LogP contribution is 2.51. The summed E-state index contributed by atoms with van der Waals surface area (Å²) >= 11 is 0. The fraction of sp³-hybridized carbons (Fsp3) is 0.952. The fourth-order valence-electron chi connectivity index (χ4n) is 5.03. The van der Waals surface area contributed by atoms with Crippen LogP contribution < -0.4 is 0 Å². The van der Waals surface area contributed by atoms with Gasteiger partial charge >= 0.3 is 5.97 Å². The predicted octanol–water partition coefficient (Wildman–Crippen LogP) is -0.989. The van der Waals surface area contributed by atoms with E-state index in [1.807, 2.05) is 6.92 Å².